The first-order chi connectivity index (χ1) is 16.1. The minimum Gasteiger partial charge on any atom is -0.491 e. The van der Waals surface area contributed by atoms with Crippen molar-refractivity contribution >= 4 is 28.5 Å². The summed E-state index contributed by atoms with van der Waals surface area (Å²) in [5.41, 5.74) is 9.98. The SMILES string of the molecule is COCCOc1ccc(-c2c(C#N)c(N)nc(SCc3ccc4cc[nH]c4c3)c2C#N)cc1. The van der Waals surface area contributed by atoms with Gasteiger partial charge in [0.25, 0.3) is 0 Å². The van der Waals surface area contributed by atoms with E-state index < -0.39 is 0 Å². The summed E-state index contributed by atoms with van der Waals surface area (Å²) in [5, 5.41) is 21.3. The van der Waals surface area contributed by atoms with Crippen molar-refractivity contribution in [1.29, 1.82) is 10.5 Å². The Labute approximate surface area is 195 Å². The van der Waals surface area contributed by atoms with Crippen LogP contribution in [0.4, 0.5) is 5.82 Å². The number of fused-ring (bicyclic) bond motifs is 1. The number of hydrogen-bond acceptors (Lipinski definition) is 7. The topological polar surface area (TPSA) is 121 Å². The van der Waals surface area contributed by atoms with Crippen molar-refractivity contribution in [2.24, 2.45) is 0 Å². The van der Waals surface area contributed by atoms with E-state index in [0.29, 0.717) is 46.4 Å². The van der Waals surface area contributed by atoms with Crippen LogP contribution in [-0.2, 0) is 10.5 Å². The van der Waals surface area contributed by atoms with Crippen LogP contribution in [0.15, 0.2) is 59.8 Å². The van der Waals surface area contributed by atoms with Gasteiger partial charge >= 0.3 is 0 Å². The van der Waals surface area contributed by atoms with Gasteiger partial charge in [0.15, 0.2) is 0 Å². The third-order valence-electron chi connectivity index (χ3n) is 5.11. The first-order valence-electron chi connectivity index (χ1n) is 10.2. The molecule has 3 N–H and O–H groups in total. The van der Waals surface area contributed by atoms with Gasteiger partial charge in [-0.25, -0.2) is 4.98 Å². The number of ether oxygens (including phenoxy) is 2. The molecule has 4 aromatic rings. The molecule has 0 radical (unpaired) electrons. The van der Waals surface area contributed by atoms with E-state index >= 15 is 0 Å². The quantitative estimate of drug-likeness (QED) is 0.287. The van der Waals surface area contributed by atoms with Gasteiger partial charge in [0, 0.05) is 30.1 Å². The van der Waals surface area contributed by atoms with Gasteiger partial charge < -0.3 is 20.2 Å². The standard InChI is InChI=1S/C25H21N5O2S/c1-31-10-11-32-19-6-4-18(5-7-19)23-20(13-26)24(28)30-25(21(23)14-27)33-15-16-2-3-17-8-9-29-22(17)12-16/h2-9,12,29H,10-11,15H2,1H3,(H2,28,30). The predicted octanol–water partition coefficient (Wildman–Crippen LogP) is 4.87. The summed E-state index contributed by atoms with van der Waals surface area (Å²) in [7, 11) is 1.61. The van der Waals surface area contributed by atoms with Crippen molar-refractivity contribution in [2.45, 2.75) is 10.8 Å². The van der Waals surface area contributed by atoms with Crippen molar-refractivity contribution in [3.05, 3.63) is 71.4 Å². The maximum absolute atomic E-state index is 9.98. The Balaban J connectivity index is 1.66. The number of nitrogens with zero attached hydrogens (tertiary/aromatic N) is 3. The van der Waals surface area contributed by atoms with Gasteiger partial charge in [-0.05, 0) is 40.8 Å². The zero-order chi connectivity index (χ0) is 23.2. The van der Waals surface area contributed by atoms with Crippen molar-refractivity contribution in [3.8, 4) is 29.0 Å². The molecule has 7 nitrogen and oxygen atoms in total. The van der Waals surface area contributed by atoms with Gasteiger partial charge in [-0.3, -0.25) is 0 Å². The number of aromatic amines is 1. The highest BCUT2D eigenvalue weighted by molar-refractivity contribution is 7.98. The summed E-state index contributed by atoms with van der Waals surface area (Å²) in [6.45, 7) is 0.914. The number of hydrogen-bond donors (Lipinski definition) is 2. The van der Waals surface area contributed by atoms with E-state index in [2.05, 4.69) is 34.2 Å². The monoisotopic (exact) mass is 455 g/mol. The van der Waals surface area contributed by atoms with Crippen molar-refractivity contribution in [1.82, 2.24) is 9.97 Å². The molecule has 0 spiro atoms. The van der Waals surface area contributed by atoms with Crippen LogP contribution in [0, 0.1) is 22.7 Å². The van der Waals surface area contributed by atoms with Crippen LogP contribution in [0.3, 0.4) is 0 Å². The number of pyridine rings is 1. The predicted molar refractivity (Wildman–Crippen MR) is 129 cm³/mol. The van der Waals surface area contributed by atoms with E-state index in [-0.39, 0.29) is 11.4 Å². The molecule has 8 heteroatoms. The molecule has 0 amide bonds. The van der Waals surface area contributed by atoms with Gasteiger partial charge in [0.1, 0.15) is 40.9 Å². The lowest BCUT2D eigenvalue weighted by Crippen LogP contribution is -2.05. The van der Waals surface area contributed by atoms with E-state index in [9.17, 15) is 10.5 Å². The Morgan fingerprint density at radius 2 is 1.82 bits per heavy atom. The second kappa shape index (κ2) is 10.1. The molecule has 2 aromatic carbocycles. The number of nitriles is 2. The number of rotatable bonds is 8. The molecule has 4 rings (SSSR count). The van der Waals surface area contributed by atoms with Gasteiger partial charge in [-0.1, -0.05) is 24.3 Å². The zero-order valence-electron chi connectivity index (χ0n) is 18.0. The van der Waals surface area contributed by atoms with Crippen molar-refractivity contribution in [3.63, 3.8) is 0 Å². The van der Waals surface area contributed by atoms with Crippen molar-refractivity contribution < 1.29 is 9.47 Å². The minimum absolute atomic E-state index is 0.106. The molecule has 0 saturated heterocycles. The minimum atomic E-state index is 0.106. The molecule has 0 fully saturated rings. The Morgan fingerprint density at radius 1 is 1.03 bits per heavy atom. The highest BCUT2D eigenvalue weighted by Gasteiger charge is 2.20. The summed E-state index contributed by atoms with van der Waals surface area (Å²) in [5.74, 6) is 1.38. The lowest BCUT2D eigenvalue weighted by Gasteiger charge is -2.14. The number of aromatic nitrogens is 2. The van der Waals surface area contributed by atoms with E-state index in [1.54, 1.807) is 19.2 Å². The van der Waals surface area contributed by atoms with Crippen LogP contribution >= 0.6 is 11.8 Å². The second-order valence-corrected chi connectivity index (χ2v) is 8.17. The Hall–Kier alpha value is -3.98. The summed E-state index contributed by atoms with van der Waals surface area (Å²) in [6, 6.07) is 19.8. The molecule has 0 atom stereocenters. The first-order valence-corrected chi connectivity index (χ1v) is 11.2. The lowest BCUT2D eigenvalue weighted by molar-refractivity contribution is 0.146. The van der Waals surface area contributed by atoms with Crippen LogP contribution < -0.4 is 10.5 Å². The molecule has 0 unspecified atom stereocenters. The van der Waals surface area contributed by atoms with E-state index in [0.717, 1.165) is 16.5 Å². The van der Waals surface area contributed by atoms with E-state index in [1.165, 1.54) is 11.8 Å². The van der Waals surface area contributed by atoms with Crippen LogP contribution in [0.1, 0.15) is 16.7 Å². The summed E-state index contributed by atoms with van der Waals surface area (Å²) >= 11 is 1.42. The molecule has 0 aliphatic heterocycles. The zero-order valence-corrected chi connectivity index (χ0v) is 18.8. The first kappa shape index (κ1) is 22.2. The number of nitrogens with two attached hydrogens (primary N) is 1. The highest BCUT2D eigenvalue weighted by Crippen LogP contribution is 2.37. The van der Waals surface area contributed by atoms with Gasteiger partial charge in [-0.15, -0.1) is 11.8 Å². The largest absolute Gasteiger partial charge is 0.491 e. The summed E-state index contributed by atoms with van der Waals surface area (Å²) in [6.07, 6.45) is 1.90. The molecule has 2 aromatic heterocycles. The molecule has 33 heavy (non-hydrogen) atoms. The fraction of sp³-hybridized carbons (Fsp3) is 0.160. The molecule has 0 saturated carbocycles. The number of H-pyrrole nitrogens is 1. The Kier molecular flexibility index (Phi) is 6.80. The van der Waals surface area contributed by atoms with Gasteiger partial charge in [0.05, 0.1) is 12.2 Å². The number of anilines is 1. The summed E-state index contributed by atoms with van der Waals surface area (Å²) < 4.78 is 10.6. The molecule has 0 aliphatic rings. The Bertz CT molecular complexity index is 1370. The third-order valence-corrected chi connectivity index (χ3v) is 6.16. The van der Waals surface area contributed by atoms with Gasteiger partial charge in [-0.2, -0.15) is 10.5 Å². The van der Waals surface area contributed by atoms with Crippen LogP contribution in [0.25, 0.3) is 22.0 Å². The average molecular weight is 456 g/mol. The molecule has 2 heterocycles. The highest BCUT2D eigenvalue weighted by atomic mass is 32.2. The summed E-state index contributed by atoms with van der Waals surface area (Å²) in [4.78, 5) is 7.59. The molecular formula is C25H21N5O2S. The fourth-order valence-electron chi connectivity index (χ4n) is 3.49. The number of nitrogens with one attached hydrogen (secondary N) is 1. The number of benzene rings is 2. The molecule has 0 bridgehead atoms. The lowest BCUT2D eigenvalue weighted by atomic mass is 9.97. The number of nitrogen functional groups attached to an aromatic ring is 1. The van der Waals surface area contributed by atoms with E-state index in [4.69, 9.17) is 15.2 Å². The maximum Gasteiger partial charge on any atom is 0.143 e. The number of thioether (sulfide) groups is 1. The number of methoxy groups -OCH3 is 1. The van der Waals surface area contributed by atoms with Crippen LogP contribution in [0.2, 0.25) is 0 Å². The molecular weight excluding hydrogens is 434 g/mol. The Morgan fingerprint density at radius 3 is 2.55 bits per heavy atom. The van der Waals surface area contributed by atoms with E-state index in [1.807, 2.05) is 30.5 Å². The normalized spacial score (nSPS) is 10.6. The fourth-order valence-corrected chi connectivity index (χ4v) is 4.43. The third kappa shape index (κ3) is 4.78. The molecule has 164 valence electrons. The van der Waals surface area contributed by atoms with Crippen LogP contribution in [-0.4, -0.2) is 30.3 Å². The second-order valence-electron chi connectivity index (χ2n) is 7.20. The smallest absolute Gasteiger partial charge is 0.143 e. The van der Waals surface area contributed by atoms with Gasteiger partial charge in [0.2, 0.25) is 0 Å². The van der Waals surface area contributed by atoms with Crippen LogP contribution in [0.5, 0.6) is 5.75 Å². The maximum atomic E-state index is 9.98. The van der Waals surface area contributed by atoms with Crippen molar-refractivity contribution in [2.75, 3.05) is 26.1 Å². The molecule has 0 aliphatic carbocycles. The average Bonchev–Trinajstić information content (AvgIpc) is 3.31.